The van der Waals surface area contributed by atoms with Crippen molar-refractivity contribution in [3.63, 3.8) is 0 Å². The fraction of sp³-hybridized carbons (Fsp3) is 0.100. The average molecular weight is 261 g/mol. The van der Waals surface area contributed by atoms with Gasteiger partial charge in [-0.15, -0.1) is 0 Å². The van der Waals surface area contributed by atoms with Crippen LogP contribution < -0.4 is 10.6 Å². The van der Waals surface area contributed by atoms with Crippen LogP contribution in [-0.2, 0) is 0 Å². The molecule has 5 heteroatoms. The molecule has 2 nitrogen and oxygen atoms in total. The highest BCUT2D eigenvalue weighted by Crippen LogP contribution is 2.25. The molecule has 1 aromatic rings. The molecule has 0 aliphatic rings. The van der Waals surface area contributed by atoms with Gasteiger partial charge in [-0.05, 0) is 24.4 Å². The van der Waals surface area contributed by atoms with E-state index in [1.54, 1.807) is 11.0 Å². The summed E-state index contributed by atoms with van der Waals surface area (Å²) in [7, 11) is 0. The predicted molar refractivity (Wildman–Crippen MR) is 70.6 cm³/mol. The maximum Gasteiger partial charge on any atom is 0.171 e. The summed E-state index contributed by atoms with van der Waals surface area (Å²) in [5, 5.41) is 1.23. The van der Waals surface area contributed by atoms with E-state index in [-0.39, 0.29) is 5.11 Å². The number of nitrogens with two attached hydrogens (primary N) is 1. The Morgan fingerprint density at radius 3 is 2.53 bits per heavy atom. The monoisotopic (exact) mass is 260 g/mol. The summed E-state index contributed by atoms with van der Waals surface area (Å²) < 4.78 is 0. The molecule has 0 fully saturated rings. The van der Waals surface area contributed by atoms with Crippen molar-refractivity contribution in [2.75, 3.05) is 11.4 Å². The molecule has 80 valence electrons. The largest absolute Gasteiger partial charge is 0.376 e. The lowest BCUT2D eigenvalue weighted by Crippen LogP contribution is -2.36. The second kappa shape index (κ2) is 5.35. The van der Waals surface area contributed by atoms with Crippen LogP contribution in [0.2, 0.25) is 5.02 Å². The molecule has 0 spiro atoms. The summed E-state index contributed by atoms with van der Waals surface area (Å²) in [4.78, 5) is 1.63. The molecule has 1 rings (SSSR count). The smallest absolute Gasteiger partial charge is 0.171 e. The van der Waals surface area contributed by atoms with Crippen LogP contribution in [0.1, 0.15) is 0 Å². The number of nitrogens with zero attached hydrogens (tertiary/aromatic N) is 1. The summed E-state index contributed by atoms with van der Waals surface area (Å²) in [5.74, 6) is 0. The molecule has 0 aliphatic heterocycles. The van der Waals surface area contributed by atoms with E-state index in [1.165, 1.54) is 0 Å². The Labute approximate surface area is 104 Å². The Morgan fingerprint density at radius 2 is 2.07 bits per heavy atom. The van der Waals surface area contributed by atoms with Gasteiger partial charge < -0.3 is 10.6 Å². The maximum absolute atomic E-state index is 6.02. The van der Waals surface area contributed by atoms with Crippen LogP contribution in [0.15, 0.2) is 35.9 Å². The fourth-order valence-corrected chi connectivity index (χ4v) is 1.64. The third kappa shape index (κ3) is 3.38. The van der Waals surface area contributed by atoms with Crippen LogP contribution in [0.4, 0.5) is 5.69 Å². The molecule has 1 aromatic carbocycles. The van der Waals surface area contributed by atoms with Crippen LogP contribution in [0.3, 0.4) is 0 Å². The summed E-state index contributed by atoms with van der Waals surface area (Å²) in [5.41, 5.74) is 6.31. The van der Waals surface area contributed by atoms with Gasteiger partial charge in [-0.25, -0.2) is 0 Å². The minimum Gasteiger partial charge on any atom is -0.376 e. The molecule has 0 unspecified atom stereocenters. The first-order valence-corrected chi connectivity index (χ1v) is 5.33. The van der Waals surface area contributed by atoms with Crippen molar-refractivity contribution in [1.82, 2.24) is 0 Å². The molecule has 2 N–H and O–H groups in total. The van der Waals surface area contributed by atoms with Crippen LogP contribution in [0, 0.1) is 0 Å². The zero-order valence-electron chi connectivity index (χ0n) is 7.91. The lowest BCUT2D eigenvalue weighted by Gasteiger charge is -2.23. The lowest BCUT2D eigenvalue weighted by molar-refractivity contribution is 1.13. The van der Waals surface area contributed by atoms with E-state index in [1.807, 2.05) is 18.2 Å². The van der Waals surface area contributed by atoms with E-state index in [0.717, 1.165) is 5.69 Å². The maximum atomic E-state index is 6.02. The minimum atomic E-state index is 0.213. The predicted octanol–water partition coefficient (Wildman–Crippen LogP) is 3.14. The second-order valence-corrected chi connectivity index (χ2v) is 4.25. The quantitative estimate of drug-likeness (QED) is 0.847. The molecule has 0 bridgehead atoms. The zero-order chi connectivity index (χ0) is 11.4. The SMILES string of the molecule is C=C(Cl)CN(C(N)=S)c1ccccc1Cl. The highest BCUT2D eigenvalue weighted by molar-refractivity contribution is 7.80. The van der Waals surface area contributed by atoms with Crippen LogP contribution in [0.5, 0.6) is 0 Å². The Kier molecular flexibility index (Phi) is 4.39. The Bertz CT molecular complexity index is 393. The molecule has 0 aromatic heterocycles. The summed E-state index contributed by atoms with van der Waals surface area (Å²) in [6.45, 7) is 3.95. The van der Waals surface area contributed by atoms with Gasteiger partial charge >= 0.3 is 0 Å². The van der Waals surface area contributed by atoms with Crippen LogP contribution >= 0.6 is 35.4 Å². The Balaban J connectivity index is 3.04. The topological polar surface area (TPSA) is 29.3 Å². The molecule has 0 radical (unpaired) electrons. The molecule has 0 amide bonds. The van der Waals surface area contributed by atoms with Gasteiger partial charge in [0.1, 0.15) is 0 Å². The number of hydrogen-bond donors (Lipinski definition) is 1. The molecule has 0 saturated heterocycles. The van der Waals surface area contributed by atoms with Gasteiger partial charge in [0.15, 0.2) is 5.11 Å². The first-order valence-electron chi connectivity index (χ1n) is 4.17. The number of para-hydroxylation sites is 1. The highest BCUT2D eigenvalue weighted by atomic mass is 35.5. The van der Waals surface area contributed by atoms with E-state index in [9.17, 15) is 0 Å². The summed E-state index contributed by atoms with van der Waals surface area (Å²) in [6, 6.07) is 7.27. The first kappa shape index (κ1) is 12.3. The molecule has 15 heavy (non-hydrogen) atoms. The molecule has 0 atom stereocenters. The van der Waals surface area contributed by atoms with Crippen molar-refractivity contribution in [3.05, 3.63) is 40.9 Å². The van der Waals surface area contributed by atoms with Crippen molar-refractivity contribution >= 4 is 46.2 Å². The van der Waals surface area contributed by atoms with Gasteiger partial charge in [0, 0.05) is 5.03 Å². The van der Waals surface area contributed by atoms with Crippen molar-refractivity contribution in [2.45, 2.75) is 0 Å². The number of rotatable bonds is 3. The van der Waals surface area contributed by atoms with E-state index in [0.29, 0.717) is 16.6 Å². The van der Waals surface area contributed by atoms with Crippen LogP contribution in [0.25, 0.3) is 0 Å². The third-order valence-electron chi connectivity index (χ3n) is 1.74. The van der Waals surface area contributed by atoms with Crippen molar-refractivity contribution in [1.29, 1.82) is 0 Å². The number of anilines is 1. The molecular formula is C10H10Cl2N2S. The highest BCUT2D eigenvalue weighted by Gasteiger charge is 2.12. The molecule has 0 heterocycles. The molecule has 0 saturated carbocycles. The molecule has 0 aliphatic carbocycles. The third-order valence-corrected chi connectivity index (χ3v) is 2.40. The standard InChI is InChI=1S/C10H10Cl2N2S/c1-7(11)6-14(10(13)15)9-5-3-2-4-8(9)12/h2-5H,1,6H2,(H2,13,15). The van der Waals surface area contributed by atoms with E-state index < -0.39 is 0 Å². The summed E-state index contributed by atoms with van der Waals surface area (Å²) >= 11 is 16.7. The van der Waals surface area contributed by atoms with Gasteiger partial charge in [-0.3, -0.25) is 0 Å². The van der Waals surface area contributed by atoms with Crippen molar-refractivity contribution in [3.8, 4) is 0 Å². The summed E-state index contributed by atoms with van der Waals surface area (Å²) in [6.07, 6.45) is 0. The first-order chi connectivity index (χ1) is 7.02. The van der Waals surface area contributed by atoms with Gasteiger partial charge in [-0.2, -0.15) is 0 Å². The van der Waals surface area contributed by atoms with E-state index >= 15 is 0 Å². The van der Waals surface area contributed by atoms with Crippen molar-refractivity contribution in [2.24, 2.45) is 5.73 Å². The number of halogens is 2. The number of thiocarbonyl (C=S) groups is 1. The number of benzene rings is 1. The average Bonchev–Trinajstić information content (AvgIpc) is 2.15. The van der Waals surface area contributed by atoms with Gasteiger partial charge in [-0.1, -0.05) is 41.9 Å². The van der Waals surface area contributed by atoms with Crippen LogP contribution in [-0.4, -0.2) is 11.7 Å². The lowest BCUT2D eigenvalue weighted by atomic mass is 10.3. The van der Waals surface area contributed by atoms with Gasteiger partial charge in [0.2, 0.25) is 0 Å². The zero-order valence-corrected chi connectivity index (χ0v) is 10.2. The van der Waals surface area contributed by atoms with E-state index in [4.69, 9.17) is 41.2 Å². The molecular weight excluding hydrogens is 251 g/mol. The minimum absolute atomic E-state index is 0.213. The van der Waals surface area contributed by atoms with Gasteiger partial charge in [0.05, 0.1) is 17.3 Å². The second-order valence-electron chi connectivity index (χ2n) is 2.89. The van der Waals surface area contributed by atoms with Gasteiger partial charge in [0.25, 0.3) is 0 Å². The number of hydrogen-bond acceptors (Lipinski definition) is 1. The Morgan fingerprint density at radius 1 is 1.47 bits per heavy atom. The Hall–Kier alpha value is -0.770. The van der Waals surface area contributed by atoms with Crippen molar-refractivity contribution < 1.29 is 0 Å². The normalized spacial score (nSPS) is 9.73. The fourth-order valence-electron chi connectivity index (χ4n) is 1.12. The van der Waals surface area contributed by atoms with E-state index in [2.05, 4.69) is 6.58 Å².